The van der Waals surface area contributed by atoms with Crippen molar-refractivity contribution < 1.29 is 27.1 Å². The first kappa shape index (κ1) is 18.8. The van der Waals surface area contributed by atoms with Crippen LogP contribution in [0.1, 0.15) is 17.4 Å². The lowest BCUT2D eigenvalue weighted by molar-refractivity contribution is -0.136. The van der Waals surface area contributed by atoms with Gasteiger partial charge in [-0.3, -0.25) is 0 Å². The Hall–Kier alpha value is -3.00. The summed E-state index contributed by atoms with van der Waals surface area (Å²) in [6.07, 6.45) is -5.14. The van der Waals surface area contributed by atoms with E-state index in [1.807, 2.05) is 18.2 Å². The standard InChI is InChI=1S/C19H17F3N2O3/c1-26-17(16-10-12-6-2-5-9-15(12)27-16)11-23-18(25)24-14-8-4-3-7-13(14)19(20,21)22/h2-10,17H,11H2,1H3,(H2,23,24,25). The third-order valence-corrected chi connectivity index (χ3v) is 3.98. The molecule has 0 radical (unpaired) electrons. The summed E-state index contributed by atoms with van der Waals surface area (Å²) in [7, 11) is 1.45. The van der Waals surface area contributed by atoms with Crippen LogP contribution >= 0.6 is 0 Å². The number of alkyl halides is 3. The van der Waals surface area contributed by atoms with Crippen molar-refractivity contribution in [3.63, 3.8) is 0 Å². The fraction of sp³-hybridized carbons (Fsp3) is 0.211. The predicted octanol–water partition coefficient (Wildman–Crippen LogP) is 4.96. The topological polar surface area (TPSA) is 63.5 Å². The molecule has 2 N–H and O–H groups in total. The lowest BCUT2D eigenvalue weighted by atomic mass is 10.1. The average molecular weight is 378 g/mol. The van der Waals surface area contributed by atoms with Gasteiger partial charge in [-0.05, 0) is 24.3 Å². The minimum atomic E-state index is -4.56. The Morgan fingerprint density at radius 3 is 2.56 bits per heavy atom. The highest BCUT2D eigenvalue weighted by atomic mass is 19.4. The van der Waals surface area contributed by atoms with Crippen LogP contribution in [0, 0.1) is 0 Å². The normalized spacial score (nSPS) is 12.7. The van der Waals surface area contributed by atoms with Gasteiger partial charge in [-0.2, -0.15) is 13.2 Å². The average Bonchev–Trinajstić information content (AvgIpc) is 3.05. The Kier molecular flexibility index (Phi) is 5.36. The number of halogens is 3. The van der Waals surface area contributed by atoms with E-state index in [-0.39, 0.29) is 12.2 Å². The van der Waals surface area contributed by atoms with Crippen molar-refractivity contribution in [3.05, 3.63) is 65.9 Å². The van der Waals surface area contributed by atoms with Crippen molar-refractivity contribution in [3.8, 4) is 0 Å². The first-order valence-electron chi connectivity index (χ1n) is 8.11. The van der Waals surface area contributed by atoms with Gasteiger partial charge in [0.15, 0.2) is 0 Å². The number of hydrogen-bond acceptors (Lipinski definition) is 3. The van der Waals surface area contributed by atoms with Crippen LogP contribution < -0.4 is 10.6 Å². The zero-order valence-electron chi connectivity index (χ0n) is 14.3. The maximum atomic E-state index is 13.0. The Balaban J connectivity index is 1.66. The smallest absolute Gasteiger partial charge is 0.418 e. The molecule has 0 aliphatic heterocycles. The van der Waals surface area contributed by atoms with Crippen LogP contribution in [0.25, 0.3) is 11.0 Å². The third-order valence-electron chi connectivity index (χ3n) is 3.98. The number of benzene rings is 2. The fourth-order valence-electron chi connectivity index (χ4n) is 2.65. The molecule has 0 aliphatic rings. The van der Waals surface area contributed by atoms with E-state index < -0.39 is 23.9 Å². The molecular formula is C19H17F3N2O3. The summed E-state index contributed by atoms with van der Waals surface area (Å²) in [6, 6.07) is 13.2. The SMILES string of the molecule is COC(CNC(=O)Nc1ccccc1C(F)(F)F)c1cc2ccccc2o1. The van der Waals surface area contributed by atoms with Crippen LogP contribution in [-0.2, 0) is 10.9 Å². The van der Waals surface area contributed by atoms with E-state index in [0.717, 1.165) is 11.5 Å². The number of methoxy groups -OCH3 is 1. The number of nitrogens with one attached hydrogen (secondary N) is 2. The lowest BCUT2D eigenvalue weighted by Crippen LogP contribution is -2.33. The second-order valence-electron chi connectivity index (χ2n) is 5.79. The maximum absolute atomic E-state index is 13.0. The van der Waals surface area contributed by atoms with Crippen LogP contribution in [0.4, 0.5) is 23.7 Å². The molecule has 0 spiro atoms. The number of rotatable bonds is 5. The first-order valence-corrected chi connectivity index (χ1v) is 8.11. The highest BCUT2D eigenvalue weighted by Crippen LogP contribution is 2.34. The zero-order valence-corrected chi connectivity index (χ0v) is 14.3. The van der Waals surface area contributed by atoms with Gasteiger partial charge in [0.05, 0.1) is 17.8 Å². The number of furan rings is 1. The third kappa shape index (κ3) is 4.40. The number of amides is 2. The van der Waals surface area contributed by atoms with Crippen LogP contribution in [-0.4, -0.2) is 19.7 Å². The Morgan fingerprint density at radius 1 is 1.15 bits per heavy atom. The Morgan fingerprint density at radius 2 is 1.85 bits per heavy atom. The number of fused-ring (bicyclic) bond motifs is 1. The molecule has 2 aromatic carbocycles. The molecule has 3 aromatic rings. The van der Waals surface area contributed by atoms with E-state index in [1.165, 1.54) is 25.3 Å². The Bertz CT molecular complexity index is 904. The van der Waals surface area contributed by atoms with Gasteiger partial charge in [0.25, 0.3) is 0 Å². The minimum Gasteiger partial charge on any atom is -0.458 e. The molecule has 8 heteroatoms. The van der Waals surface area contributed by atoms with Crippen molar-refractivity contribution in [2.24, 2.45) is 0 Å². The van der Waals surface area contributed by atoms with Crippen LogP contribution in [0.2, 0.25) is 0 Å². The Labute approximate surface area is 153 Å². The molecule has 1 unspecified atom stereocenters. The molecule has 0 saturated heterocycles. The molecule has 0 bridgehead atoms. The molecule has 1 heterocycles. The van der Waals surface area contributed by atoms with E-state index in [9.17, 15) is 18.0 Å². The van der Waals surface area contributed by atoms with E-state index in [2.05, 4.69) is 10.6 Å². The first-order chi connectivity index (χ1) is 12.9. The number of hydrogen-bond donors (Lipinski definition) is 2. The molecule has 2 amide bonds. The summed E-state index contributed by atoms with van der Waals surface area (Å²) in [5, 5.41) is 5.61. The van der Waals surface area contributed by atoms with E-state index in [4.69, 9.17) is 9.15 Å². The van der Waals surface area contributed by atoms with Gasteiger partial charge in [-0.15, -0.1) is 0 Å². The molecule has 1 aromatic heterocycles. The summed E-state index contributed by atoms with van der Waals surface area (Å²) >= 11 is 0. The summed E-state index contributed by atoms with van der Waals surface area (Å²) in [5.41, 5.74) is -0.556. The number of ether oxygens (including phenoxy) is 1. The zero-order chi connectivity index (χ0) is 19.4. The lowest BCUT2D eigenvalue weighted by Gasteiger charge is -2.16. The molecular weight excluding hydrogens is 361 g/mol. The molecule has 0 saturated carbocycles. The highest BCUT2D eigenvalue weighted by Gasteiger charge is 2.33. The van der Waals surface area contributed by atoms with Crippen LogP contribution in [0.15, 0.2) is 59.0 Å². The number of urea groups is 1. The van der Waals surface area contributed by atoms with Crippen molar-refractivity contribution in [1.82, 2.24) is 5.32 Å². The van der Waals surface area contributed by atoms with Gasteiger partial charge in [0, 0.05) is 12.5 Å². The molecule has 27 heavy (non-hydrogen) atoms. The highest BCUT2D eigenvalue weighted by molar-refractivity contribution is 5.90. The second kappa shape index (κ2) is 7.71. The van der Waals surface area contributed by atoms with E-state index in [1.54, 1.807) is 12.1 Å². The maximum Gasteiger partial charge on any atom is 0.418 e. The van der Waals surface area contributed by atoms with Crippen molar-refractivity contribution >= 4 is 22.7 Å². The van der Waals surface area contributed by atoms with Gasteiger partial charge >= 0.3 is 12.2 Å². The van der Waals surface area contributed by atoms with Gasteiger partial charge in [-0.25, -0.2) is 4.79 Å². The molecule has 0 aliphatic carbocycles. The fourth-order valence-corrected chi connectivity index (χ4v) is 2.65. The van der Waals surface area contributed by atoms with E-state index >= 15 is 0 Å². The summed E-state index contributed by atoms with van der Waals surface area (Å²) in [4.78, 5) is 12.0. The van der Waals surface area contributed by atoms with Gasteiger partial charge in [0.2, 0.25) is 0 Å². The van der Waals surface area contributed by atoms with Crippen molar-refractivity contribution in [2.75, 3.05) is 19.0 Å². The van der Waals surface area contributed by atoms with Crippen molar-refractivity contribution in [2.45, 2.75) is 12.3 Å². The predicted molar refractivity (Wildman–Crippen MR) is 94.4 cm³/mol. The largest absolute Gasteiger partial charge is 0.458 e. The summed E-state index contributed by atoms with van der Waals surface area (Å²) in [6.45, 7) is 0.0241. The van der Waals surface area contributed by atoms with E-state index in [0.29, 0.717) is 11.3 Å². The number of anilines is 1. The molecule has 5 nitrogen and oxygen atoms in total. The quantitative estimate of drug-likeness (QED) is 0.660. The summed E-state index contributed by atoms with van der Waals surface area (Å²) < 4.78 is 50.0. The monoisotopic (exact) mass is 378 g/mol. The molecule has 142 valence electrons. The van der Waals surface area contributed by atoms with Crippen LogP contribution in [0.3, 0.4) is 0 Å². The number of carbonyl (C=O) groups is 1. The van der Waals surface area contributed by atoms with Gasteiger partial charge in [0.1, 0.15) is 17.4 Å². The minimum absolute atomic E-state index is 0.0241. The van der Waals surface area contributed by atoms with Gasteiger partial charge in [-0.1, -0.05) is 30.3 Å². The number of para-hydroxylation sites is 2. The summed E-state index contributed by atoms with van der Waals surface area (Å²) in [5.74, 6) is 0.509. The van der Waals surface area contributed by atoms with Crippen LogP contribution in [0.5, 0.6) is 0 Å². The second-order valence-corrected chi connectivity index (χ2v) is 5.79. The molecule has 1 atom stereocenters. The van der Waals surface area contributed by atoms with Crippen molar-refractivity contribution in [1.29, 1.82) is 0 Å². The number of carbonyl (C=O) groups excluding carboxylic acids is 1. The molecule has 3 rings (SSSR count). The molecule has 0 fully saturated rings. The van der Waals surface area contributed by atoms with Gasteiger partial charge < -0.3 is 19.8 Å².